The SMILES string of the molecule is CN(C)C(=O)c1ccc(-c2cnc(N)c(-c3nnc(-c4ccc(CO)cc4)o3)n2)cc1. The van der Waals surface area contributed by atoms with Gasteiger partial charge in [-0.1, -0.05) is 24.3 Å². The van der Waals surface area contributed by atoms with Crippen LogP contribution in [0.5, 0.6) is 0 Å². The molecule has 2 heterocycles. The molecule has 31 heavy (non-hydrogen) atoms. The van der Waals surface area contributed by atoms with E-state index in [9.17, 15) is 4.79 Å². The van der Waals surface area contributed by atoms with Crippen LogP contribution in [-0.2, 0) is 6.61 Å². The Balaban J connectivity index is 1.64. The zero-order chi connectivity index (χ0) is 22.0. The maximum atomic E-state index is 12.1. The first-order valence-corrected chi connectivity index (χ1v) is 9.45. The molecule has 4 rings (SSSR count). The van der Waals surface area contributed by atoms with E-state index in [-0.39, 0.29) is 29.9 Å². The zero-order valence-electron chi connectivity index (χ0n) is 17.0. The fourth-order valence-electron chi connectivity index (χ4n) is 2.92. The third kappa shape index (κ3) is 4.12. The van der Waals surface area contributed by atoms with Crippen molar-refractivity contribution in [3.05, 3.63) is 65.9 Å². The summed E-state index contributed by atoms with van der Waals surface area (Å²) in [5.74, 6) is 0.528. The predicted molar refractivity (Wildman–Crippen MR) is 115 cm³/mol. The lowest BCUT2D eigenvalue weighted by Crippen LogP contribution is -2.21. The second kappa shape index (κ2) is 8.33. The number of aromatic nitrogens is 4. The van der Waals surface area contributed by atoms with Crippen molar-refractivity contribution in [2.45, 2.75) is 6.61 Å². The van der Waals surface area contributed by atoms with Crippen molar-refractivity contribution < 1.29 is 14.3 Å². The molecule has 0 bridgehead atoms. The van der Waals surface area contributed by atoms with Gasteiger partial charge in [0.15, 0.2) is 11.5 Å². The second-order valence-corrected chi connectivity index (χ2v) is 7.03. The number of hydrogen-bond acceptors (Lipinski definition) is 8. The van der Waals surface area contributed by atoms with Gasteiger partial charge in [-0.15, -0.1) is 10.2 Å². The van der Waals surface area contributed by atoms with Crippen LogP contribution in [0.4, 0.5) is 5.82 Å². The Hall–Kier alpha value is -4.11. The van der Waals surface area contributed by atoms with Crippen LogP contribution < -0.4 is 5.73 Å². The standard InChI is InChI=1S/C22H20N6O3/c1-28(2)22(30)16-9-7-14(8-10-16)17-11-24-19(23)18(25-17)21-27-26-20(31-21)15-5-3-13(12-29)4-6-15/h3-11,29H,12H2,1-2H3,(H2,23,24). The van der Waals surface area contributed by atoms with Crippen molar-refractivity contribution >= 4 is 11.7 Å². The van der Waals surface area contributed by atoms with Crippen LogP contribution in [0.25, 0.3) is 34.3 Å². The molecule has 156 valence electrons. The fourth-order valence-corrected chi connectivity index (χ4v) is 2.92. The monoisotopic (exact) mass is 416 g/mol. The molecule has 3 N–H and O–H groups in total. The van der Waals surface area contributed by atoms with Crippen molar-refractivity contribution in [2.75, 3.05) is 19.8 Å². The Kier molecular flexibility index (Phi) is 5.42. The van der Waals surface area contributed by atoms with Crippen LogP contribution in [0, 0.1) is 0 Å². The Morgan fingerprint density at radius 3 is 2.29 bits per heavy atom. The van der Waals surface area contributed by atoms with Crippen molar-refractivity contribution in [3.63, 3.8) is 0 Å². The van der Waals surface area contributed by atoms with Gasteiger partial charge in [0.1, 0.15) is 0 Å². The molecule has 0 unspecified atom stereocenters. The molecule has 2 aromatic carbocycles. The lowest BCUT2D eigenvalue weighted by molar-refractivity contribution is 0.0827. The van der Waals surface area contributed by atoms with Gasteiger partial charge in [-0.05, 0) is 29.8 Å². The van der Waals surface area contributed by atoms with E-state index in [1.807, 2.05) is 0 Å². The smallest absolute Gasteiger partial charge is 0.270 e. The Bertz CT molecular complexity index is 1220. The van der Waals surface area contributed by atoms with Gasteiger partial charge in [-0.25, -0.2) is 9.97 Å². The molecule has 1 amide bonds. The molecular weight excluding hydrogens is 396 g/mol. The van der Waals surface area contributed by atoms with Gasteiger partial charge >= 0.3 is 0 Å². The molecule has 0 fully saturated rings. The minimum Gasteiger partial charge on any atom is -0.414 e. The van der Waals surface area contributed by atoms with Gasteiger partial charge in [-0.2, -0.15) is 0 Å². The Morgan fingerprint density at radius 2 is 1.65 bits per heavy atom. The first kappa shape index (κ1) is 20.2. The van der Waals surface area contributed by atoms with Crippen molar-refractivity contribution in [3.8, 4) is 34.3 Å². The highest BCUT2D eigenvalue weighted by Gasteiger charge is 2.17. The molecule has 0 saturated carbocycles. The van der Waals surface area contributed by atoms with Gasteiger partial charge in [0.05, 0.1) is 18.5 Å². The van der Waals surface area contributed by atoms with E-state index in [0.717, 1.165) is 11.1 Å². The zero-order valence-corrected chi connectivity index (χ0v) is 17.0. The van der Waals surface area contributed by atoms with Gasteiger partial charge in [-0.3, -0.25) is 4.79 Å². The highest BCUT2D eigenvalue weighted by atomic mass is 16.4. The molecule has 2 aromatic heterocycles. The summed E-state index contributed by atoms with van der Waals surface area (Å²) in [5.41, 5.74) is 9.67. The molecule has 0 saturated heterocycles. The lowest BCUT2D eigenvalue weighted by atomic mass is 10.1. The molecule has 0 aliphatic carbocycles. The average Bonchev–Trinajstić information content (AvgIpc) is 3.29. The summed E-state index contributed by atoms with van der Waals surface area (Å²) >= 11 is 0. The van der Waals surface area contributed by atoms with E-state index in [4.69, 9.17) is 15.3 Å². The maximum Gasteiger partial charge on any atom is 0.270 e. The average molecular weight is 416 g/mol. The van der Waals surface area contributed by atoms with E-state index in [1.165, 1.54) is 4.90 Å². The summed E-state index contributed by atoms with van der Waals surface area (Å²) in [6, 6.07) is 14.2. The van der Waals surface area contributed by atoms with Crippen molar-refractivity contribution in [2.24, 2.45) is 0 Å². The molecule has 4 aromatic rings. The third-order valence-corrected chi connectivity index (χ3v) is 4.65. The van der Waals surface area contributed by atoms with Gasteiger partial charge in [0.2, 0.25) is 5.89 Å². The number of aliphatic hydroxyl groups excluding tert-OH is 1. The van der Waals surface area contributed by atoms with Crippen LogP contribution >= 0.6 is 0 Å². The predicted octanol–water partition coefficient (Wildman–Crippen LogP) is 2.64. The third-order valence-electron chi connectivity index (χ3n) is 4.65. The fraction of sp³-hybridized carbons (Fsp3) is 0.136. The van der Waals surface area contributed by atoms with Crippen molar-refractivity contribution in [1.82, 2.24) is 25.1 Å². The summed E-state index contributed by atoms with van der Waals surface area (Å²) in [5, 5.41) is 17.3. The summed E-state index contributed by atoms with van der Waals surface area (Å²) in [6.07, 6.45) is 1.55. The number of rotatable bonds is 5. The summed E-state index contributed by atoms with van der Waals surface area (Å²) in [7, 11) is 3.40. The van der Waals surface area contributed by atoms with Gasteiger partial charge < -0.3 is 20.2 Å². The molecule has 0 aliphatic rings. The van der Waals surface area contributed by atoms with Crippen LogP contribution in [0.1, 0.15) is 15.9 Å². The van der Waals surface area contributed by atoms with Crippen LogP contribution in [-0.4, -0.2) is 50.2 Å². The van der Waals surface area contributed by atoms with Crippen LogP contribution in [0.3, 0.4) is 0 Å². The minimum atomic E-state index is -0.0824. The minimum absolute atomic E-state index is 0.0431. The highest BCUT2D eigenvalue weighted by Crippen LogP contribution is 2.28. The number of nitrogens with two attached hydrogens (primary N) is 1. The number of hydrogen-bond donors (Lipinski definition) is 2. The van der Waals surface area contributed by atoms with E-state index in [1.54, 1.807) is 68.8 Å². The first-order valence-electron chi connectivity index (χ1n) is 9.45. The number of carbonyl (C=O) groups excluding carboxylic acids is 1. The number of anilines is 1. The van der Waals surface area contributed by atoms with E-state index in [2.05, 4.69) is 20.2 Å². The molecule has 0 aliphatic heterocycles. The molecule has 9 nitrogen and oxygen atoms in total. The summed E-state index contributed by atoms with van der Waals surface area (Å²) in [6.45, 7) is -0.0431. The summed E-state index contributed by atoms with van der Waals surface area (Å²) < 4.78 is 5.76. The number of aliphatic hydroxyl groups is 1. The number of nitrogens with zero attached hydrogens (tertiary/aromatic N) is 5. The number of carbonyl (C=O) groups is 1. The quantitative estimate of drug-likeness (QED) is 0.508. The Labute approximate surface area is 178 Å². The number of benzene rings is 2. The molecular formula is C22H20N6O3. The van der Waals surface area contributed by atoms with Crippen molar-refractivity contribution in [1.29, 1.82) is 0 Å². The largest absolute Gasteiger partial charge is 0.414 e. The maximum absolute atomic E-state index is 12.1. The van der Waals surface area contributed by atoms with Crippen LogP contribution in [0.15, 0.2) is 59.1 Å². The second-order valence-electron chi connectivity index (χ2n) is 7.03. The Morgan fingerprint density at radius 1 is 1.00 bits per heavy atom. The highest BCUT2D eigenvalue weighted by molar-refractivity contribution is 5.94. The van der Waals surface area contributed by atoms with Crippen LogP contribution in [0.2, 0.25) is 0 Å². The molecule has 0 spiro atoms. The molecule has 0 atom stereocenters. The van der Waals surface area contributed by atoms with E-state index < -0.39 is 0 Å². The molecule has 9 heteroatoms. The molecule has 0 radical (unpaired) electrons. The number of amides is 1. The normalized spacial score (nSPS) is 10.8. The first-order chi connectivity index (χ1) is 15.0. The van der Waals surface area contributed by atoms with Gasteiger partial charge in [0.25, 0.3) is 11.8 Å². The topological polar surface area (TPSA) is 131 Å². The number of nitrogen functional groups attached to an aromatic ring is 1. The summed E-state index contributed by atoms with van der Waals surface area (Å²) in [4.78, 5) is 22.3. The van der Waals surface area contributed by atoms with E-state index >= 15 is 0 Å². The van der Waals surface area contributed by atoms with E-state index in [0.29, 0.717) is 22.7 Å². The lowest BCUT2D eigenvalue weighted by Gasteiger charge is -2.10. The van der Waals surface area contributed by atoms with Gasteiger partial charge in [0, 0.05) is 30.8 Å².